The predicted octanol–water partition coefficient (Wildman–Crippen LogP) is 2.47. The summed E-state index contributed by atoms with van der Waals surface area (Å²) in [6.07, 6.45) is -0.400. The Balaban J connectivity index is 2.54. The molecule has 5 nitrogen and oxygen atoms in total. The normalized spacial score (nSPS) is 13.9. The van der Waals surface area contributed by atoms with E-state index in [4.69, 9.17) is 0 Å². The monoisotopic (exact) mass is 530 g/mol. The number of benzene rings is 1. The van der Waals surface area contributed by atoms with E-state index in [0.717, 1.165) is 4.90 Å². The molecule has 0 radical (unpaired) electrons. The van der Waals surface area contributed by atoms with Crippen LogP contribution in [0, 0.1) is 0 Å². The molecule has 1 aliphatic heterocycles. The number of aliphatic carboxylic acids is 1. The maximum absolute atomic E-state index is 12.3. The Bertz CT molecular complexity index is 612. The molecule has 2 amide bonds. The minimum Gasteiger partial charge on any atom is -0.550 e. The molecular weight excluding hydrogens is 530 g/mol. The SMILES string of the molecule is O=C([O-])CCN1C(=O)c2c(Br)c(Br)c(Br)c(Br)c2C1=O. The van der Waals surface area contributed by atoms with Gasteiger partial charge in [-0.2, -0.15) is 0 Å². The van der Waals surface area contributed by atoms with Crippen molar-refractivity contribution in [2.24, 2.45) is 0 Å². The second-order valence-electron chi connectivity index (χ2n) is 3.89. The average Bonchev–Trinajstić information content (AvgIpc) is 2.63. The highest BCUT2D eigenvalue weighted by Crippen LogP contribution is 2.45. The van der Waals surface area contributed by atoms with E-state index in [0.29, 0.717) is 17.9 Å². The number of hydrogen-bond donors (Lipinski definition) is 0. The summed E-state index contributed by atoms with van der Waals surface area (Å²) in [7, 11) is 0. The van der Waals surface area contributed by atoms with E-state index in [1.165, 1.54) is 0 Å². The van der Waals surface area contributed by atoms with E-state index in [1.54, 1.807) is 0 Å². The number of carboxylic acids is 1. The van der Waals surface area contributed by atoms with E-state index in [2.05, 4.69) is 63.7 Å². The third-order valence-corrected chi connectivity index (χ3v) is 7.49. The van der Waals surface area contributed by atoms with Crippen molar-refractivity contribution in [1.29, 1.82) is 0 Å². The maximum atomic E-state index is 12.3. The summed E-state index contributed by atoms with van der Waals surface area (Å²) in [6.45, 7) is -0.219. The van der Waals surface area contributed by atoms with Crippen LogP contribution in [0.3, 0.4) is 0 Å². The lowest BCUT2D eigenvalue weighted by Crippen LogP contribution is -2.35. The van der Waals surface area contributed by atoms with Crippen molar-refractivity contribution >= 4 is 81.5 Å². The first kappa shape index (κ1) is 16.1. The molecule has 0 bridgehead atoms. The van der Waals surface area contributed by atoms with Gasteiger partial charge in [0.15, 0.2) is 0 Å². The molecule has 9 heteroatoms. The van der Waals surface area contributed by atoms with Gasteiger partial charge in [0.1, 0.15) is 0 Å². The molecule has 1 aromatic carbocycles. The lowest BCUT2D eigenvalue weighted by atomic mass is 10.1. The Morgan fingerprint density at radius 1 is 0.900 bits per heavy atom. The molecule has 0 atom stereocenters. The van der Waals surface area contributed by atoms with E-state index in [-0.39, 0.29) is 17.7 Å². The third-order valence-electron chi connectivity index (χ3n) is 2.72. The van der Waals surface area contributed by atoms with Crippen LogP contribution in [0.15, 0.2) is 17.9 Å². The molecule has 2 rings (SSSR count). The van der Waals surface area contributed by atoms with Gasteiger partial charge in [-0.3, -0.25) is 14.5 Å². The molecule has 1 aromatic rings. The van der Waals surface area contributed by atoms with Crippen LogP contribution in [0.1, 0.15) is 27.1 Å². The Hall–Kier alpha value is -0.250. The first-order valence-electron chi connectivity index (χ1n) is 5.19. The van der Waals surface area contributed by atoms with Crippen LogP contribution in [0.2, 0.25) is 0 Å². The predicted molar refractivity (Wildman–Crippen MR) is 82.2 cm³/mol. The van der Waals surface area contributed by atoms with Gasteiger partial charge in [-0.05, 0) is 63.7 Å². The number of nitrogens with zero attached hydrogens (tertiary/aromatic N) is 1. The van der Waals surface area contributed by atoms with Gasteiger partial charge in [0, 0.05) is 36.8 Å². The van der Waals surface area contributed by atoms with Gasteiger partial charge < -0.3 is 9.90 Å². The molecule has 20 heavy (non-hydrogen) atoms. The molecule has 0 aliphatic carbocycles. The number of fused-ring (bicyclic) bond motifs is 1. The number of carbonyl (C=O) groups excluding carboxylic acids is 3. The fourth-order valence-electron chi connectivity index (χ4n) is 1.80. The number of carboxylic acid groups (broad SMARTS) is 1. The Kier molecular flexibility index (Phi) is 4.73. The zero-order valence-corrected chi connectivity index (χ0v) is 15.9. The zero-order valence-electron chi connectivity index (χ0n) is 9.51. The van der Waals surface area contributed by atoms with Crippen molar-refractivity contribution in [1.82, 2.24) is 4.90 Å². The van der Waals surface area contributed by atoms with Gasteiger partial charge in [0.25, 0.3) is 11.8 Å². The van der Waals surface area contributed by atoms with Crippen LogP contribution in [0.5, 0.6) is 0 Å². The van der Waals surface area contributed by atoms with Gasteiger partial charge in [0.05, 0.1) is 11.1 Å². The summed E-state index contributed by atoms with van der Waals surface area (Å²) in [5.41, 5.74) is 0.408. The minimum atomic E-state index is -1.32. The average molecular weight is 534 g/mol. The molecule has 106 valence electrons. The number of carbonyl (C=O) groups is 3. The van der Waals surface area contributed by atoms with Gasteiger partial charge in [-0.1, -0.05) is 0 Å². The van der Waals surface area contributed by atoms with Gasteiger partial charge >= 0.3 is 0 Å². The molecule has 0 fully saturated rings. The van der Waals surface area contributed by atoms with E-state index in [9.17, 15) is 19.5 Å². The summed E-state index contributed by atoms with van der Waals surface area (Å²) in [5, 5.41) is 10.5. The second kappa shape index (κ2) is 5.86. The molecule has 0 saturated heterocycles. The second-order valence-corrected chi connectivity index (χ2v) is 7.06. The van der Waals surface area contributed by atoms with Crippen LogP contribution in [-0.4, -0.2) is 29.2 Å². The van der Waals surface area contributed by atoms with E-state index < -0.39 is 24.2 Å². The summed E-state index contributed by atoms with van der Waals surface area (Å²) in [4.78, 5) is 35.9. The highest BCUT2D eigenvalue weighted by atomic mass is 79.9. The van der Waals surface area contributed by atoms with Crippen LogP contribution >= 0.6 is 63.7 Å². The summed E-state index contributed by atoms with van der Waals surface area (Å²) >= 11 is 13.1. The van der Waals surface area contributed by atoms with E-state index in [1.807, 2.05) is 0 Å². The number of amides is 2. The quantitative estimate of drug-likeness (QED) is 0.340. The minimum absolute atomic E-state index is 0.204. The standard InChI is InChI=1S/C11H5Br4NO4/c12-6-4-5(7(13)9(15)8(6)14)11(20)16(10(4)19)2-1-3(17)18/h1-2H2,(H,17,18)/p-1. The fourth-order valence-corrected chi connectivity index (χ4v) is 4.26. The summed E-state index contributed by atoms with van der Waals surface area (Å²) in [6, 6.07) is 0. The topological polar surface area (TPSA) is 77.5 Å². The van der Waals surface area contributed by atoms with Crippen molar-refractivity contribution in [3.63, 3.8) is 0 Å². The molecule has 0 N–H and O–H groups in total. The Morgan fingerprint density at radius 3 is 1.65 bits per heavy atom. The highest BCUT2D eigenvalue weighted by Gasteiger charge is 2.40. The van der Waals surface area contributed by atoms with Crippen molar-refractivity contribution in [2.45, 2.75) is 6.42 Å². The number of halogens is 4. The lowest BCUT2D eigenvalue weighted by molar-refractivity contribution is -0.305. The largest absolute Gasteiger partial charge is 0.550 e. The van der Waals surface area contributed by atoms with Crippen molar-refractivity contribution in [3.05, 3.63) is 29.0 Å². The molecule has 0 saturated carbocycles. The van der Waals surface area contributed by atoms with Crippen molar-refractivity contribution in [2.75, 3.05) is 6.54 Å². The van der Waals surface area contributed by atoms with Crippen molar-refractivity contribution in [3.8, 4) is 0 Å². The lowest BCUT2D eigenvalue weighted by Gasteiger charge is -2.13. The maximum Gasteiger partial charge on any atom is 0.262 e. The van der Waals surface area contributed by atoms with Crippen LogP contribution in [0.25, 0.3) is 0 Å². The Morgan fingerprint density at radius 2 is 1.30 bits per heavy atom. The molecular formula is C11H4Br4NO4-. The van der Waals surface area contributed by atoms with Crippen LogP contribution in [0.4, 0.5) is 0 Å². The van der Waals surface area contributed by atoms with Crippen LogP contribution in [-0.2, 0) is 4.79 Å². The van der Waals surface area contributed by atoms with Crippen LogP contribution < -0.4 is 5.11 Å². The first-order chi connectivity index (χ1) is 9.27. The molecule has 0 spiro atoms. The third kappa shape index (κ3) is 2.49. The first-order valence-corrected chi connectivity index (χ1v) is 8.36. The van der Waals surface area contributed by atoms with E-state index >= 15 is 0 Å². The van der Waals surface area contributed by atoms with Crippen molar-refractivity contribution < 1.29 is 19.5 Å². The summed E-state index contributed by atoms with van der Waals surface area (Å²) in [5.74, 6) is -2.39. The number of rotatable bonds is 3. The molecule has 1 heterocycles. The summed E-state index contributed by atoms with van der Waals surface area (Å²) < 4.78 is 2.06. The number of imide groups is 1. The number of hydrogen-bond acceptors (Lipinski definition) is 4. The Labute approximate surface area is 147 Å². The highest BCUT2D eigenvalue weighted by molar-refractivity contribution is 9.15. The zero-order chi connectivity index (χ0) is 15.2. The van der Waals surface area contributed by atoms with Gasteiger partial charge in [-0.25, -0.2) is 0 Å². The smallest absolute Gasteiger partial charge is 0.262 e. The van der Waals surface area contributed by atoms with Gasteiger partial charge in [0.2, 0.25) is 0 Å². The van der Waals surface area contributed by atoms with Gasteiger partial charge in [-0.15, -0.1) is 0 Å². The fraction of sp³-hybridized carbons (Fsp3) is 0.182. The molecule has 0 aromatic heterocycles. The molecule has 0 unspecified atom stereocenters. The molecule has 1 aliphatic rings.